The molecule has 1 aromatic carbocycles. The van der Waals surface area contributed by atoms with Crippen molar-refractivity contribution in [2.75, 3.05) is 0 Å². The molecule has 1 N–H and O–H groups in total. The van der Waals surface area contributed by atoms with Gasteiger partial charge in [0.1, 0.15) is 4.90 Å². The van der Waals surface area contributed by atoms with Gasteiger partial charge in [-0.3, -0.25) is 4.55 Å². The molecule has 6 nitrogen and oxygen atoms in total. The largest absolute Gasteiger partial charge is 0.387 e. The first kappa shape index (κ1) is 14.8. The zero-order valence-corrected chi connectivity index (χ0v) is 10.5. The van der Waals surface area contributed by atoms with E-state index in [1.54, 1.807) is 12.1 Å². The van der Waals surface area contributed by atoms with Crippen molar-refractivity contribution in [1.29, 1.82) is 0 Å². The number of hydrogen-bond acceptors (Lipinski definition) is 5. The highest BCUT2D eigenvalue weighted by Gasteiger charge is 2.11. The molecule has 0 radical (unpaired) electrons. The molecule has 0 bridgehead atoms. The Morgan fingerprint density at radius 3 is 1.95 bits per heavy atom. The van der Waals surface area contributed by atoms with Gasteiger partial charge in [-0.2, -0.15) is 8.42 Å². The van der Waals surface area contributed by atoms with Crippen LogP contribution in [-0.4, -0.2) is 24.9 Å². The van der Waals surface area contributed by atoms with E-state index in [2.05, 4.69) is 11.3 Å². The lowest BCUT2D eigenvalue weighted by atomic mass is 10.2. The maximum Gasteiger partial charge on any atom is 0.338 e. The van der Waals surface area contributed by atoms with Gasteiger partial charge < -0.3 is 4.74 Å². The van der Waals surface area contributed by atoms with Gasteiger partial charge >= 0.3 is 11.9 Å². The molecule has 7 heteroatoms. The van der Waals surface area contributed by atoms with E-state index in [-0.39, 0.29) is 4.90 Å². The Labute approximate surface area is 109 Å². The molecule has 0 saturated heterocycles. The SMILES string of the molecule is C=Cc1ccccc1S(=O)(=O)O.O=C1C=CC(=O)O1. The first-order valence-electron chi connectivity index (χ1n) is 4.97. The molecule has 2 rings (SSSR count). The second-order valence-electron chi connectivity index (χ2n) is 3.29. The van der Waals surface area contributed by atoms with Crippen molar-refractivity contribution in [3.05, 3.63) is 48.6 Å². The summed E-state index contributed by atoms with van der Waals surface area (Å²) in [6.45, 7) is 3.43. The maximum atomic E-state index is 10.7. The summed E-state index contributed by atoms with van der Waals surface area (Å²) < 4.78 is 34.1. The van der Waals surface area contributed by atoms with Crippen LogP contribution in [0.15, 0.2) is 47.9 Å². The van der Waals surface area contributed by atoms with Gasteiger partial charge in [0.25, 0.3) is 10.1 Å². The number of cyclic esters (lactones) is 2. The van der Waals surface area contributed by atoms with Crippen LogP contribution in [-0.2, 0) is 24.4 Å². The fourth-order valence-electron chi connectivity index (χ4n) is 1.19. The number of benzene rings is 1. The quantitative estimate of drug-likeness (QED) is 0.497. The molecule has 0 spiro atoms. The van der Waals surface area contributed by atoms with E-state index in [1.807, 2.05) is 0 Å². The molecule has 0 unspecified atom stereocenters. The Bertz CT molecular complexity index is 626. The van der Waals surface area contributed by atoms with Crippen molar-refractivity contribution >= 4 is 28.1 Å². The molecule has 1 aliphatic heterocycles. The third kappa shape index (κ3) is 4.49. The predicted molar refractivity (Wildman–Crippen MR) is 66.6 cm³/mol. The highest BCUT2D eigenvalue weighted by molar-refractivity contribution is 7.85. The van der Waals surface area contributed by atoms with Gasteiger partial charge in [-0.1, -0.05) is 30.9 Å². The lowest BCUT2D eigenvalue weighted by molar-refractivity contribution is -0.150. The summed E-state index contributed by atoms with van der Waals surface area (Å²) in [7, 11) is -4.12. The number of carbonyl (C=O) groups excluding carboxylic acids is 2. The number of rotatable bonds is 2. The topological polar surface area (TPSA) is 97.7 Å². The number of esters is 2. The van der Waals surface area contributed by atoms with E-state index in [1.165, 1.54) is 18.2 Å². The zero-order valence-electron chi connectivity index (χ0n) is 9.65. The van der Waals surface area contributed by atoms with Gasteiger partial charge in [-0.25, -0.2) is 9.59 Å². The molecule has 0 fully saturated rings. The Hall–Kier alpha value is -2.25. The highest BCUT2D eigenvalue weighted by Crippen LogP contribution is 2.15. The van der Waals surface area contributed by atoms with Gasteiger partial charge in [0.15, 0.2) is 0 Å². The molecule has 0 amide bonds. The number of ether oxygens (including phenoxy) is 1. The van der Waals surface area contributed by atoms with Crippen molar-refractivity contribution < 1.29 is 27.3 Å². The minimum atomic E-state index is -4.12. The molecule has 19 heavy (non-hydrogen) atoms. The number of hydrogen-bond donors (Lipinski definition) is 1. The first-order chi connectivity index (χ1) is 8.84. The van der Waals surface area contributed by atoms with Crippen LogP contribution in [0.1, 0.15) is 5.56 Å². The normalized spacial score (nSPS) is 13.5. The van der Waals surface area contributed by atoms with Gasteiger partial charge in [0, 0.05) is 12.2 Å². The van der Waals surface area contributed by atoms with Crippen LogP contribution in [0.3, 0.4) is 0 Å². The fraction of sp³-hybridized carbons (Fsp3) is 0. The molecular formula is C12H10O6S. The van der Waals surface area contributed by atoms with Crippen molar-refractivity contribution in [3.63, 3.8) is 0 Å². The lowest BCUT2D eigenvalue weighted by Crippen LogP contribution is -1.99. The summed E-state index contributed by atoms with van der Waals surface area (Å²) in [4.78, 5) is 19.7. The molecule has 0 atom stereocenters. The minimum absolute atomic E-state index is 0.111. The summed E-state index contributed by atoms with van der Waals surface area (Å²) in [6.07, 6.45) is 3.55. The van der Waals surface area contributed by atoms with Gasteiger partial charge in [-0.05, 0) is 11.6 Å². The second kappa shape index (κ2) is 6.07. The second-order valence-corrected chi connectivity index (χ2v) is 4.68. The summed E-state index contributed by atoms with van der Waals surface area (Å²) in [5.74, 6) is -1.16. The average molecular weight is 282 g/mol. The lowest BCUT2D eigenvalue weighted by Gasteiger charge is -2.00. The molecule has 1 aliphatic rings. The van der Waals surface area contributed by atoms with Crippen LogP contribution in [0, 0.1) is 0 Å². The molecule has 100 valence electrons. The third-order valence-electron chi connectivity index (χ3n) is 1.97. The zero-order chi connectivity index (χ0) is 14.5. The average Bonchev–Trinajstić information content (AvgIpc) is 2.73. The molecule has 0 saturated carbocycles. The van der Waals surface area contributed by atoms with Crippen LogP contribution < -0.4 is 0 Å². The summed E-state index contributed by atoms with van der Waals surface area (Å²) in [5.41, 5.74) is 0.403. The van der Waals surface area contributed by atoms with Crippen LogP contribution >= 0.6 is 0 Å². The molecule has 1 heterocycles. The molecule has 0 aliphatic carbocycles. The molecule has 1 aromatic rings. The minimum Gasteiger partial charge on any atom is -0.387 e. The van der Waals surface area contributed by atoms with Crippen molar-refractivity contribution in [1.82, 2.24) is 0 Å². The van der Waals surface area contributed by atoms with Crippen LogP contribution in [0.2, 0.25) is 0 Å². The van der Waals surface area contributed by atoms with E-state index < -0.39 is 22.1 Å². The Balaban J connectivity index is 0.000000218. The first-order valence-corrected chi connectivity index (χ1v) is 6.41. The van der Waals surface area contributed by atoms with Gasteiger partial charge in [0.05, 0.1) is 0 Å². The fourth-order valence-corrected chi connectivity index (χ4v) is 1.89. The van der Waals surface area contributed by atoms with Crippen molar-refractivity contribution in [2.24, 2.45) is 0 Å². The summed E-state index contributed by atoms with van der Waals surface area (Å²) in [6, 6.07) is 6.10. The monoisotopic (exact) mass is 282 g/mol. The standard InChI is InChI=1S/C8H8O3S.C4H2O3/c1-2-7-5-3-4-6-8(7)12(9,10)11;5-3-1-2-4(6)7-3/h2-6H,1H2,(H,9,10,11);1-2H. The Kier molecular flexibility index (Phi) is 4.74. The van der Waals surface area contributed by atoms with E-state index in [9.17, 15) is 18.0 Å². The smallest absolute Gasteiger partial charge is 0.338 e. The van der Waals surface area contributed by atoms with Crippen LogP contribution in [0.5, 0.6) is 0 Å². The Morgan fingerprint density at radius 2 is 1.63 bits per heavy atom. The van der Waals surface area contributed by atoms with Crippen LogP contribution in [0.4, 0.5) is 0 Å². The van der Waals surface area contributed by atoms with Gasteiger partial charge in [0.2, 0.25) is 0 Å². The van der Waals surface area contributed by atoms with E-state index >= 15 is 0 Å². The molecular weight excluding hydrogens is 272 g/mol. The van der Waals surface area contributed by atoms with Gasteiger partial charge in [-0.15, -0.1) is 0 Å². The van der Waals surface area contributed by atoms with Crippen molar-refractivity contribution in [3.8, 4) is 0 Å². The highest BCUT2D eigenvalue weighted by atomic mass is 32.2. The Morgan fingerprint density at radius 1 is 1.11 bits per heavy atom. The van der Waals surface area contributed by atoms with E-state index in [4.69, 9.17) is 4.55 Å². The predicted octanol–water partition coefficient (Wildman–Crippen LogP) is 1.20. The molecule has 0 aromatic heterocycles. The number of carbonyl (C=O) groups is 2. The van der Waals surface area contributed by atoms with Crippen LogP contribution in [0.25, 0.3) is 6.08 Å². The summed E-state index contributed by atoms with van der Waals surface area (Å²) in [5, 5.41) is 0. The van der Waals surface area contributed by atoms with E-state index in [0.29, 0.717) is 5.56 Å². The van der Waals surface area contributed by atoms with Crippen molar-refractivity contribution in [2.45, 2.75) is 4.90 Å². The maximum absolute atomic E-state index is 10.7. The van der Waals surface area contributed by atoms with E-state index in [0.717, 1.165) is 12.2 Å². The summed E-state index contributed by atoms with van der Waals surface area (Å²) >= 11 is 0. The third-order valence-corrected chi connectivity index (χ3v) is 2.90.